The molecule has 2 atom stereocenters. The Bertz CT molecular complexity index is 391. The molecule has 102 valence electrons. The zero-order valence-corrected chi connectivity index (χ0v) is 10.6. The number of aromatic nitrogens is 3. The minimum Gasteiger partial charge on any atom is -0.327 e. The van der Waals surface area contributed by atoms with Crippen molar-refractivity contribution in [3.05, 3.63) is 12.2 Å². The molecule has 18 heavy (non-hydrogen) atoms. The molecule has 0 bridgehead atoms. The number of alkyl halides is 2. The molecule has 1 aromatic rings. The van der Waals surface area contributed by atoms with E-state index in [2.05, 4.69) is 10.1 Å². The number of rotatable bonds is 4. The molecule has 1 saturated carbocycles. The van der Waals surface area contributed by atoms with Crippen LogP contribution < -0.4 is 5.73 Å². The molecule has 1 aliphatic carbocycles. The summed E-state index contributed by atoms with van der Waals surface area (Å²) >= 11 is 0. The average Bonchev–Trinajstić information content (AvgIpc) is 2.75. The van der Waals surface area contributed by atoms with Gasteiger partial charge in [-0.15, -0.1) is 0 Å². The van der Waals surface area contributed by atoms with Gasteiger partial charge in [-0.1, -0.05) is 0 Å². The summed E-state index contributed by atoms with van der Waals surface area (Å²) in [5.74, 6) is -1.87. The van der Waals surface area contributed by atoms with Crippen LogP contribution in [0.3, 0.4) is 0 Å². The van der Waals surface area contributed by atoms with Gasteiger partial charge in [0.05, 0.1) is 0 Å². The van der Waals surface area contributed by atoms with E-state index >= 15 is 0 Å². The van der Waals surface area contributed by atoms with Gasteiger partial charge in [-0.2, -0.15) is 5.10 Å². The van der Waals surface area contributed by atoms with Gasteiger partial charge >= 0.3 is 0 Å². The fourth-order valence-electron chi connectivity index (χ4n) is 2.66. The molecule has 2 rings (SSSR count). The van der Waals surface area contributed by atoms with Crippen molar-refractivity contribution in [3.63, 3.8) is 0 Å². The number of nitrogens with two attached hydrogens (primary N) is 1. The van der Waals surface area contributed by atoms with Crippen molar-refractivity contribution in [3.8, 4) is 0 Å². The lowest BCUT2D eigenvalue weighted by Crippen LogP contribution is -2.39. The van der Waals surface area contributed by atoms with E-state index in [1.807, 2.05) is 6.92 Å². The Kier molecular flexibility index (Phi) is 3.94. The molecule has 0 radical (unpaired) electrons. The van der Waals surface area contributed by atoms with Crippen LogP contribution in [0, 0.1) is 5.92 Å². The normalized spacial score (nSPS) is 25.0. The summed E-state index contributed by atoms with van der Waals surface area (Å²) in [7, 11) is 0. The summed E-state index contributed by atoms with van der Waals surface area (Å²) < 4.78 is 28.5. The van der Waals surface area contributed by atoms with Crippen molar-refractivity contribution >= 4 is 0 Å². The minimum atomic E-state index is -2.54. The van der Waals surface area contributed by atoms with Crippen molar-refractivity contribution in [2.75, 3.05) is 0 Å². The molecule has 6 heteroatoms. The maximum Gasteiger partial charge on any atom is 0.248 e. The van der Waals surface area contributed by atoms with Crippen LogP contribution in [0.15, 0.2) is 6.33 Å². The summed E-state index contributed by atoms with van der Waals surface area (Å²) in [4.78, 5) is 4.14. The van der Waals surface area contributed by atoms with Gasteiger partial charge in [0.1, 0.15) is 12.2 Å². The van der Waals surface area contributed by atoms with Crippen LogP contribution in [0.25, 0.3) is 0 Å². The number of aryl methyl sites for hydroxylation is 1. The van der Waals surface area contributed by atoms with Gasteiger partial charge in [-0.05, 0) is 25.7 Å². The topological polar surface area (TPSA) is 56.7 Å². The van der Waals surface area contributed by atoms with Gasteiger partial charge in [0.2, 0.25) is 5.92 Å². The molecule has 4 nitrogen and oxygen atoms in total. The number of hydrogen-bond donors (Lipinski definition) is 1. The van der Waals surface area contributed by atoms with E-state index in [0.717, 1.165) is 18.8 Å². The van der Waals surface area contributed by atoms with E-state index in [9.17, 15) is 8.78 Å². The first kappa shape index (κ1) is 13.4. The van der Waals surface area contributed by atoms with Crippen molar-refractivity contribution < 1.29 is 8.78 Å². The Hall–Kier alpha value is -1.04. The van der Waals surface area contributed by atoms with Crippen LogP contribution in [0.1, 0.15) is 38.4 Å². The molecule has 0 aliphatic heterocycles. The first-order valence-electron chi connectivity index (χ1n) is 6.52. The van der Waals surface area contributed by atoms with E-state index < -0.39 is 5.92 Å². The molecule has 1 aromatic heterocycles. The first-order valence-corrected chi connectivity index (χ1v) is 6.52. The molecule has 0 amide bonds. The third kappa shape index (κ3) is 3.04. The van der Waals surface area contributed by atoms with Crippen molar-refractivity contribution in [2.45, 2.75) is 57.5 Å². The van der Waals surface area contributed by atoms with Crippen LogP contribution in [-0.4, -0.2) is 26.7 Å². The second-order valence-electron chi connectivity index (χ2n) is 5.07. The lowest BCUT2D eigenvalue weighted by Gasteiger charge is -2.32. The summed E-state index contributed by atoms with van der Waals surface area (Å²) in [5, 5.41) is 4.06. The molecule has 0 spiro atoms. The third-order valence-electron chi connectivity index (χ3n) is 3.70. The SMILES string of the molecule is CCn1ncnc1CC(N)C1CCCC(F)(F)C1. The predicted molar refractivity (Wildman–Crippen MR) is 64.3 cm³/mol. The summed E-state index contributed by atoms with van der Waals surface area (Å²) in [6.45, 7) is 2.70. The molecule has 0 saturated heterocycles. The zero-order valence-electron chi connectivity index (χ0n) is 10.6. The molecule has 0 aromatic carbocycles. The van der Waals surface area contributed by atoms with E-state index in [-0.39, 0.29) is 24.8 Å². The Morgan fingerprint density at radius 1 is 1.61 bits per heavy atom. The molecule has 1 heterocycles. The van der Waals surface area contributed by atoms with Crippen LogP contribution in [0.2, 0.25) is 0 Å². The summed E-state index contributed by atoms with van der Waals surface area (Å²) in [6.07, 6.45) is 3.27. The van der Waals surface area contributed by atoms with Gasteiger partial charge in [0.25, 0.3) is 0 Å². The fourth-order valence-corrected chi connectivity index (χ4v) is 2.66. The maximum atomic E-state index is 13.4. The number of halogens is 2. The van der Waals surface area contributed by atoms with E-state index in [1.165, 1.54) is 6.33 Å². The highest BCUT2D eigenvalue weighted by molar-refractivity contribution is 4.93. The van der Waals surface area contributed by atoms with E-state index in [1.54, 1.807) is 4.68 Å². The highest BCUT2D eigenvalue weighted by Gasteiger charge is 2.38. The van der Waals surface area contributed by atoms with E-state index in [4.69, 9.17) is 5.73 Å². The molecule has 2 unspecified atom stereocenters. The molecule has 1 aliphatic rings. The van der Waals surface area contributed by atoms with Crippen LogP contribution in [0.5, 0.6) is 0 Å². The smallest absolute Gasteiger partial charge is 0.248 e. The fraction of sp³-hybridized carbons (Fsp3) is 0.833. The summed E-state index contributed by atoms with van der Waals surface area (Å²) in [5.41, 5.74) is 6.07. The second kappa shape index (κ2) is 5.30. The van der Waals surface area contributed by atoms with Crippen molar-refractivity contribution in [1.82, 2.24) is 14.8 Å². The molecular formula is C12H20F2N4. The van der Waals surface area contributed by atoms with Crippen molar-refractivity contribution in [2.24, 2.45) is 11.7 Å². The Balaban J connectivity index is 1.97. The monoisotopic (exact) mass is 258 g/mol. The largest absolute Gasteiger partial charge is 0.327 e. The number of nitrogens with zero attached hydrogens (tertiary/aromatic N) is 3. The lowest BCUT2D eigenvalue weighted by atomic mass is 9.81. The maximum absolute atomic E-state index is 13.4. The third-order valence-corrected chi connectivity index (χ3v) is 3.70. The zero-order chi connectivity index (χ0) is 13.2. The highest BCUT2D eigenvalue weighted by Crippen LogP contribution is 2.38. The van der Waals surface area contributed by atoms with Gasteiger partial charge in [0, 0.05) is 31.8 Å². The molecular weight excluding hydrogens is 238 g/mol. The first-order chi connectivity index (χ1) is 8.52. The quantitative estimate of drug-likeness (QED) is 0.898. The minimum absolute atomic E-state index is 0.00135. The van der Waals surface area contributed by atoms with Crippen LogP contribution >= 0.6 is 0 Å². The molecule has 1 fully saturated rings. The van der Waals surface area contributed by atoms with Gasteiger partial charge in [-0.25, -0.2) is 13.8 Å². The summed E-state index contributed by atoms with van der Waals surface area (Å²) in [6, 6.07) is -0.259. The average molecular weight is 258 g/mol. The van der Waals surface area contributed by atoms with Crippen molar-refractivity contribution in [1.29, 1.82) is 0 Å². The van der Waals surface area contributed by atoms with E-state index in [0.29, 0.717) is 12.8 Å². The number of hydrogen-bond acceptors (Lipinski definition) is 3. The lowest BCUT2D eigenvalue weighted by molar-refractivity contribution is -0.0562. The Labute approximate surface area is 106 Å². The van der Waals surface area contributed by atoms with Crippen LogP contribution in [0.4, 0.5) is 8.78 Å². The standard InChI is InChI=1S/C12H20F2N4/c1-2-18-11(16-8-17-18)6-10(15)9-4-3-5-12(13,14)7-9/h8-10H,2-7,15H2,1H3. The Morgan fingerprint density at radius 2 is 2.39 bits per heavy atom. The van der Waals surface area contributed by atoms with Gasteiger partial charge in [0.15, 0.2) is 0 Å². The van der Waals surface area contributed by atoms with Gasteiger partial charge in [-0.3, -0.25) is 4.68 Å². The second-order valence-corrected chi connectivity index (χ2v) is 5.07. The molecule has 2 N–H and O–H groups in total. The van der Waals surface area contributed by atoms with Crippen LogP contribution in [-0.2, 0) is 13.0 Å². The van der Waals surface area contributed by atoms with Gasteiger partial charge < -0.3 is 5.73 Å². The highest BCUT2D eigenvalue weighted by atomic mass is 19.3. The predicted octanol–water partition coefficient (Wildman–Crippen LogP) is 1.99. The Morgan fingerprint density at radius 3 is 3.06 bits per heavy atom.